The van der Waals surface area contributed by atoms with Crippen molar-refractivity contribution in [2.45, 2.75) is 11.8 Å². The fourth-order valence-corrected chi connectivity index (χ4v) is 0.341. The van der Waals surface area contributed by atoms with E-state index in [1.54, 1.807) is 0 Å². The Hall–Kier alpha value is -0.940. The Bertz CT molecular complexity index is 192. The lowest BCUT2D eigenvalue weighted by atomic mass is 10.1. The Kier molecular flexibility index (Phi) is 2.61. The standard InChI is InChI=1S/C6H4F6/c1-3(7)5(9,10)6(11,12)4(2)8/h1-2H2. The molecule has 0 saturated heterocycles. The van der Waals surface area contributed by atoms with Crippen molar-refractivity contribution < 1.29 is 26.3 Å². The zero-order valence-electron chi connectivity index (χ0n) is 5.68. The van der Waals surface area contributed by atoms with Crippen molar-refractivity contribution in [3.63, 3.8) is 0 Å². The molecule has 0 N–H and O–H groups in total. The summed E-state index contributed by atoms with van der Waals surface area (Å²) >= 11 is 0. The smallest absolute Gasteiger partial charge is 0.206 e. The summed E-state index contributed by atoms with van der Waals surface area (Å²) in [4.78, 5) is 0. The Morgan fingerprint density at radius 3 is 1.00 bits per heavy atom. The minimum Gasteiger partial charge on any atom is -0.206 e. The zero-order chi connectivity index (χ0) is 10.2. The van der Waals surface area contributed by atoms with Gasteiger partial charge in [-0.1, -0.05) is 13.2 Å². The molecule has 0 aliphatic carbocycles. The van der Waals surface area contributed by atoms with Crippen LogP contribution >= 0.6 is 0 Å². The van der Waals surface area contributed by atoms with Crippen LogP contribution in [0.5, 0.6) is 0 Å². The third-order valence-electron chi connectivity index (χ3n) is 1.08. The van der Waals surface area contributed by atoms with E-state index in [2.05, 4.69) is 0 Å². The van der Waals surface area contributed by atoms with Crippen LogP contribution in [-0.2, 0) is 0 Å². The number of hydrogen-bond acceptors (Lipinski definition) is 0. The van der Waals surface area contributed by atoms with Crippen LogP contribution in [0.4, 0.5) is 26.3 Å². The summed E-state index contributed by atoms with van der Waals surface area (Å²) in [6, 6.07) is 0. The third kappa shape index (κ3) is 1.46. The molecule has 0 heterocycles. The van der Waals surface area contributed by atoms with E-state index in [9.17, 15) is 26.3 Å². The fraction of sp³-hybridized carbons (Fsp3) is 0.333. The SMILES string of the molecule is C=C(F)C(F)(F)C(F)(F)C(=C)F. The first-order valence-electron chi connectivity index (χ1n) is 2.59. The monoisotopic (exact) mass is 190 g/mol. The Morgan fingerprint density at radius 2 is 0.917 bits per heavy atom. The van der Waals surface area contributed by atoms with Crippen molar-refractivity contribution in [2.75, 3.05) is 0 Å². The molecule has 0 spiro atoms. The molecule has 0 fully saturated rings. The highest BCUT2D eigenvalue weighted by Gasteiger charge is 2.61. The molecule has 6 heteroatoms. The molecule has 0 aromatic heterocycles. The van der Waals surface area contributed by atoms with Crippen molar-refractivity contribution in [1.29, 1.82) is 0 Å². The molecule has 0 rings (SSSR count). The number of rotatable bonds is 3. The lowest BCUT2D eigenvalue weighted by Gasteiger charge is -2.22. The molecule has 0 nitrogen and oxygen atoms in total. The van der Waals surface area contributed by atoms with E-state index in [1.165, 1.54) is 0 Å². The van der Waals surface area contributed by atoms with Crippen LogP contribution in [0, 0.1) is 0 Å². The maximum absolute atomic E-state index is 12.0. The maximum atomic E-state index is 12.0. The molecule has 0 aliphatic rings. The van der Waals surface area contributed by atoms with Gasteiger partial charge in [-0.15, -0.1) is 0 Å². The van der Waals surface area contributed by atoms with Gasteiger partial charge in [-0.05, 0) is 0 Å². The molecule has 0 saturated carbocycles. The number of allylic oxidation sites excluding steroid dienone is 2. The summed E-state index contributed by atoms with van der Waals surface area (Å²) in [6.07, 6.45) is 0. The van der Waals surface area contributed by atoms with E-state index in [4.69, 9.17) is 0 Å². The summed E-state index contributed by atoms with van der Waals surface area (Å²) in [5.74, 6) is -15.7. The second-order valence-corrected chi connectivity index (χ2v) is 1.96. The molecule has 0 aromatic carbocycles. The first kappa shape index (κ1) is 11.1. The molecule has 70 valence electrons. The largest absolute Gasteiger partial charge is 0.366 e. The average Bonchev–Trinajstić information content (AvgIpc) is 1.86. The van der Waals surface area contributed by atoms with Crippen LogP contribution in [0.2, 0.25) is 0 Å². The van der Waals surface area contributed by atoms with Crippen LogP contribution in [0.3, 0.4) is 0 Å². The van der Waals surface area contributed by atoms with Crippen LogP contribution in [-0.4, -0.2) is 11.8 Å². The van der Waals surface area contributed by atoms with Gasteiger partial charge in [0.25, 0.3) is 0 Å². The Labute approximate surface area is 64.2 Å². The van der Waals surface area contributed by atoms with Gasteiger partial charge in [-0.3, -0.25) is 0 Å². The maximum Gasteiger partial charge on any atom is 0.366 e. The van der Waals surface area contributed by atoms with Crippen molar-refractivity contribution in [1.82, 2.24) is 0 Å². The molecule has 0 aliphatic heterocycles. The van der Waals surface area contributed by atoms with Crippen LogP contribution in [0.15, 0.2) is 24.8 Å². The van der Waals surface area contributed by atoms with Gasteiger partial charge in [0.15, 0.2) is 11.7 Å². The molecule has 0 bridgehead atoms. The van der Waals surface area contributed by atoms with Crippen molar-refractivity contribution in [2.24, 2.45) is 0 Å². The van der Waals surface area contributed by atoms with Crippen molar-refractivity contribution >= 4 is 0 Å². The molecular weight excluding hydrogens is 186 g/mol. The van der Waals surface area contributed by atoms with E-state index >= 15 is 0 Å². The van der Waals surface area contributed by atoms with Gasteiger partial charge in [-0.25, -0.2) is 8.78 Å². The van der Waals surface area contributed by atoms with Crippen LogP contribution < -0.4 is 0 Å². The van der Waals surface area contributed by atoms with E-state index in [0.717, 1.165) is 0 Å². The summed E-state index contributed by atoms with van der Waals surface area (Å²) in [5, 5.41) is 0. The van der Waals surface area contributed by atoms with Gasteiger partial charge in [0.1, 0.15) is 0 Å². The topological polar surface area (TPSA) is 0 Å². The fourth-order valence-electron chi connectivity index (χ4n) is 0.341. The minimum atomic E-state index is -5.25. The third-order valence-corrected chi connectivity index (χ3v) is 1.08. The van der Waals surface area contributed by atoms with E-state index in [1.807, 2.05) is 13.2 Å². The highest BCUT2D eigenvalue weighted by molar-refractivity contribution is 5.15. The van der Waals surface area contributed by atoms with Gasteiger partial charge in [-0.2, -0.15) is 17.6 Å². The highest BCUT2D eigenvalue weighted by atomic mass is 19.3. The highest BCUT2D eigenvalue weighted by Crippen LogP contribution is 2.44. The summed E-state index contributed by atoms with van der Waals surface area (Å²) in [6.45, 7) is 3.94. The summed E-state index contributed by atoms with van der Waals surface area (Å²) < 4.78 is 71.6. The molecule has 12 heavy (non-hydrogen) atoms. The summed E-state index contributed by atoms with van der Waals surface area (Å²) in [7, 11) is 0. The van der Waals surface area contributed by atoms with E-state index in [-0.39, 0.29) is 0 Å². The predicted octanol–water partition coefficient (Wildman–Crippen LogP) is 3.22. The Balaban J connectivity index is 5.01. The molecule has 0 aromatic rings. The van der Waals surface area contributed by atoms with Crippen molar-refractivity contribution in [3.05, 3.63) is 24.8 Å². The molecule has 0 atom stereocenters. The van der Waals surface area contributed by atoms with Gasteiger partial charge >= 0.3 is 11.8 Å². The Morgan fingerprint density at radius 1 is 0.750 bits per heavy atom. The van der Waals surface area contributed by atoms with E-state index < -0.39 is 23.5 Å². The van der Waals surface area contributed by atoms with Crippen LogP contribution in [0.25, 0.3) is 0 Å². The molecule has 0 amide bonds. The lowest BCUT2D eigenvalue weighted by Crippen LogP contribution is -2.41. The second-order valence-electron chi connectivity index (χ2n) is 1.96. The molecule has 0 radical (unpaired) electrons. The van der Waals surface area contributed by atoms with Gasteiger partial charge in [0.2, 0.25) is 0 Å². The normalized spacial score (nSPS) is 12.8. The summed E-state index contributed by atoms with van der Waals surface area (Å²) in [5.41, 5.74) is 0. The van der Waals surface area contributed by atoms with Gasteiger partial charge in [0, 0.05) is 0 Å². The van der Waals surface area contributed by atoms with E-state index in [0.29, 0.717) is 0 Å². The minimum absolute atomic E-state index is 1.97. The first-order valence-corrected chi connectivity index (χ1v) is 2.59. The molecular formula is C6H4F6. The van der Waals surface area contributed by atoms with Crippen LogP contribution in [0.1, 0.15) is 0 Å². The second kappa shape index (κ2) is 2.84. The van der Waals surface area contributed by atoms with Gasteiger partial charge in [0.05, 0.1) is 0 Å². The lowest BCUT2D eigenvalue weighted by molar-refractivity contribution is -0.179. The number of alkyl halides is 4. The molecule has 0 unspecified atom stereocenters. The quantitative estimate of drug-likeness (QED) is 0.599. The van der Waals surface area contributed by atoms with Crippen molar-refractivity contribution in [3.8, 4) is 0 Å². The number of halogens is 6. The average molecular weight is 190 g/mol. The number of hydrogen-bond donors (Lipinski definition) is 0. The predicted molar refractivity (Wildman–Crippen MR) is 30.4 cm³/mol. The van der Waals surface area contributed by atoms with Gasteiger partial charge < -0.3 is 0 Å². The first-order chi connectivity index (χ1) is 5.14. The zero-order valence-corrected chi connectivity index (χ0v) is 5.68.